The van der Waals surface area contributed by atoms with E-state index in [1.165, 1.54) is 25.2 Å². The Morgan fingerprint density at radius 1 is 1.28 bits per heavy atom. The summed E-state index contributed by atoms with van der Waals surface area (Å²) in [5.41, 5.74) is 0.993. The van der Waals surface area contributed by atoms with Crippen LogP contribution in [0.4, 0.5) is 11.6 Å². The zero-order valence-corrected chi connectivity index (χ0v) is 14.1. The van der Waals surface area contributed by atoms with Crippen LogP contribution in [-0.2, 0) is 0 Å². The molecule has 0 saturated carbocycles. The van der Waals surface area contributed by atoms with E-state index in [0.29, 0.717) is 12.5 Å². The number of aromatic nitrogens is 2. The smallest absolute Gasteiger partial charge is 0.305 e. The van der Waals surface area contributed by atoms with Crippen LogP contribution in [0.5, 0.6) is 5.75 Å². The van der Waals surface area contributed by atoms with Crippen LogP contribution in [0.1, 0.15) is 24.4 Å². The number of nitrogens with zero attached hydrogens (tertiary/aromatic N) is 4. The Morgan fingerprint density at radius 3 is 2.60 bits per heavy atom. The van der Waals surface area contributed by atoms with Crippen LogP contribution in [-0.4, -0.2) is 46.5 Å². The molecule has 8 heteroatoms. The predicted octanol–water partition coefficient (Wildman–Crippen LogP) is 2.64. The molecule has 1 atom stereocenters. The third-order valence-corrected chi connectivity index (χ3v) is 4.38. The molecule has 132 valence electrons. The Balaban J connectivity index is 1.77. The van der Waals surface area contributed by atoms with Crippen molar-refractivity contribution in [3.63, 3.8) is 0 Å². The van der Waals surface area contributed by atoms with Gasteiger partial charge >= 0.3 is 5.69 Å². The number of para-hydroxylation sites is 1. The van der Waals surface area contributed by atoms with Crippen LogP contribution in [0.2, 0.25) is 0 Å². The van der Waals surface area contributed by atoms with E-state index in [2.05, 4.69) is 26.3 Å². The van der Waals surface area contributed by atoms with Crippen molar-refractivity contribution in [3.05, 3.63) is 52.3 Å². The Morgan fingerprint density at radius 2 is 1.96 bits per heavy atom. The van der Waals surface area contributed by atoms with Crippen molar-refractivity contribution < 1.29 is 9.66 Å². The Kier molecular flexibility index (Phi) is 5.39. The molecule has 1 saturated heterocycles. The molecule has 3 rings (SSSR count). The molecule has 8 nitrogen and oxygen atoms in total. The minimum absolute atomic E-state index is 0.119. The van der Waals surface area contributed by atoms with Gasteiger partial charge in [-0.3, -0.25) is 15.0 Å². The highest BCUT2D eigenvalue weighted by Crippen LogP contribution is 2.31. The van der Waals surface area contributed by atoms with E-state index in [-0.39, 0.29) is 11.7 Å². The molecule has 1 unspecified atom stereocenters. The van der Waals surface area contributed by atoms with E-state index in [0.717, 1.165) is 24.4 Å². The maximum atomic E-state index is 10.7. The third kappa shape index (κ3) is 4.03. The number of nitrogens with one attached hydrogen (secondary N) is 1. The van der Waals surface area contributed by atoms with Gasteiger partial charge in [0.05, 0.1) is 18.1 Å². The summed E-state index contributed by atoms with van der Waals surface area (Å²) in [6.07, 6.45) is 4.78. The van der Waals surface area contributed by atoms with Crippen LogP contribution in [0.3, 0.4) is 0 Å². The number of rotatable bonds is 7. The summed E-state index contributed by atoms with van der Waals surface area (Å²) in [7, 11) is 1.67. The first-order chi connectivity index (χ1) is 12.2. The second-order valence-corrected chi connectivity index (χ2v) is 5.90. The summed E-state index contributed by atoms with van der Waals surface area (Å²) < 4.78 is 5.52. The van der Waals surface area contributed by atoms with Gasteiger partial charge in [0.2, 0.25) is 5.95 Å². The zero-order chi connectivity index (χ0) is 17.6. The van der Waals surface area contributed by atoms with E-state index in [9.17, 15) is 10.1 Å². The standard InChI is InChI=1S/C17H21N5O3/c1-25-16-7-3-2-6-14(16)15(21-8-4-5-9-21)12-20-17-18-10-13(11-19-17)22(23)24/h2-3,6-7,10-11,15H,4-5,8-9,12H2,1H3,(H,18,19,20). The SMILES string of the molecule is COc1ccccc1C(CNc1ncc([N+](=O)[O-])cn1)N1CCCC1. The van der Waals surface area contributed by atoms with Gasteiger partial charge in [-0.05, 0) is 32.0 Å². The van der Waals surface area contributed by atoms with E-state index in [1.807, 2.05) is 18.2 Å². The number of benzene rings is 1. The van der Waals surface area contributed by atoms with E-state index in [1.54, 1.807) is 7.11 Å². The van der Waals surface area contributed by atoms with Crippen molar-refractivity contribution in [2.75, 3.05) is 32.1 Å². The molecule has 1 aliphatic heterocycles. The lowest BCUT2D eigenvalue weighted by Crippen LogP contribution is -2.31. The van der Waals surface area contributed by atoms with Crippen molar-refractivity contribution in [3.8, 4) is 5.75 Å². The molecule has 1 aliphatic rings. The van der Waals surface area contributed by atoms with E-state index >= 15 is 0 Å². The Labute approximate surface area is 146 Å². The molecule has 1 N–H and O–H groups in total. The summed E-state index contributed by atoms with van der Waals surface area (Å²) in [6.45, 7) is 2.66. The average Bonchev–Trinajstić information content (AvgIpc) is 3.17. The predicted molar refractivity (Wildman–Crippen MR) is 93.7 cm³/mol. The lowest BCUT2D eigenvalue weighted by Gasteiger charge is -2.29. The van der Waals surface area contributed by atoms with Gasteiger partial charge < -0.3 is 10.1 Å². The molecule has 1 aromatic heterocycles. The lowest BCUT2D eigenvalue weighted by atomic mass is 10.0. The van der Waals surface area contributed by atoms with Gasteiger partial charge in [0.1, 0.15) is 18.1 Å². The largest absolute Gasteiger partial charge is 0.496 e. The fourth-order valence-electron chi connectivity index (χ4n) is 3.13. The number of anilines is 1. The summed E-state index contributed by atoms with van der Waals surface area (Å²) in [6, 6.07) is 8.11. The van der Waals surface area contributed by atoms with Crippen molar-refractivity contribution in [2.24, 2.45) is 0 Å². The number of ether oxygens (including phenoxy) is 1. The lowest BCUT2D eigenvalue weighted by molar-refractivity contribution is -0.385. The highest BCUT2D eigenvalue weighted by Gasteiger charge is 2.26. The van der Waals surface area contributed by atoms with Crippen molar-refractivity contribution in [2.45, 2.75) is 18.9 Å². The van der Waals surface area contributed by atoms with Crippen LogP contribution >= 0.6 is 0 Å². The maximum absolute atomic E-state index is 10.7. The highest BCUT2D eigenvalue weighted by atomic mass is 16.6. The first-order valence-corrected chi connectivity index (χ1v) is 8.26. The molecule has 1 aromatic carbocycles. The molecular formula is C17H21N5O3. The van der Waals surface area contributed by atoms with Gasteiger partial charge in [-0.2, -0.15) is 0 Å². The molecule has 2 aromatic rings. The Bertz CT molecular complexity index is 716. The van der Waals surface area contributed by atoms with Crippen LogP contribution in [0.15, 0.2) is 36.7 Å². The van der Waals surface area contributed by atoms with Crippen molar-refractivity contribution in [1.82, 2.24) is 14.9 Å². The van der Waals surface area contributed by atoms with Gasteiger partial charge in [0.25, 0.3) is 0 Å². The molecule has 0 amide bonds. The number of hydrogen-bond donors (Lipinski definition) is 1. The monoisotopic (exact) mass is 343 g/mol. The first-order valence-electron chi connectivity index (χ1n) is 8.26. The molecular weight excluding hydrogens is 322 g/mol. The van der Waals surface area contributed by atoms with Gasteiger partial charge in [0.15, 0.2) is 0 Å². The summed E-state index contributed by atoms with van der Waals surface area (Å²) >= 11 is 0. The van der Waals surface area contributed by atoms with Gasteiger partial charge in [-0.15, -0.1) is 0 Å². The fraction of sp³-hybridized carbons (Fsp3) is 0.412. The molecule has 1 fully saturated rings. The van der Waals surface area contributed by atoms with Crippen molar-refractivity contribution >= 4 is 11.6 Å². The number of methoxy groups -OCH3 is 1. The normalized spacial score (nSPS) is 15.7. The molecule has 2 heterocycles. The first kappa shape index (κ1) is 17.1. The van der Waals surface area contributed by atoms with Gasteiger partial charge in [-0.25, -0.2) is 9.97 Å². The van der Waals surface area contributed by atoms with E-state index in [4.69, 9.17) is 4.74 Å². The second kappa shape index (κ2) is 7.89. The minimum atomic E-state index is -0.508. The molecule has 0 radical (unpaired) electrons. The average molecular weight is 343 g/mol. The number of hydrogen-bond acceptors (Lipinski definition) is 7. The van der Waals surface area contributed by atoms with Crippen LogP contribution < -0.4 is 10.1 Å². The molecule has 0 spiro atoms. The topological polar surface area (TPSA) is 93.4 Å². The number of likely N-dealkylation sites (tertiary alicyclic amines) is 1. The van der Waals surface area contributed by atoms with Gasteiger partial charge in [0, 0.05) is 12.1 Å². The van der Waals surface area contributed by atoms with Gasteiger partial charge in [-0.1, -0.05) is 18.2 Å². The maximum Gasteiger partial charge on any atom is 0.305 e. The summed E-state index contributed by atoms with van der Waals surface area (Å²) in [5.74, 6) is 1.23. The van der Waals surface area contributed by atoms with Crippen LogP contribution in [0, 0.1) is 10.1 Å². The van der Waals surface area contributed by atoms with Crippen LogP contribution in [0.25, 0.3) is 0 Å². The second-order valence-electron chi connectivity index (χ2n) is 5.90. The molecule has 25 heavy (non-hydrogen) atoms. The zero-order valence-electron chi connectivity index (χ0n) is 14.1. The van der Waals surface area contributed by atoms with E-state index < -0.39 is 4.92 Å². The minimum Gasteiger partial charge on any atom is -0.496 e. The van der Waals surface area contributed by atoms with Crippen molar-refractivity contribution in [1.29, 1.82) is 0 Å². The summed E-state index contributed by atoms with van der Waals surface area (Å²) in [4.78, 5) is 20.6. The number of nitro groups is 1. The fourth-order valence-corrected chi connectivity index (χ4v) is 3.13. The molecule has 0 bridgehead atoms. The Hall–Kier alpha value is -2.74. The highest BCUT2D eigenvalue weighted by molar-refractivity contribution is 5.38. The molecule has 0 aliphatic carbocycles. The third-order valence-electron chi connectivity index (χ3n) is 4.38. The summed E-state index contributed by atoms with van der Waals surface area (Å²) in [5, 5.41) is 13.9. The quantitative estimate of drug-likeness (QED) is 0.610.